The van der Waals surface area contributed by atoms with Crippen LogP contribution in [0.15, 0.2) is 15.4 Å². The van der Waals surface area contributed by atoms with Gasteiger partial charge in [0, 0.05) is 19.2 Å². The molecule has 1 unspecified atom stereocenters. The van der Waals surface area contributed by atoms with E-state index in [2.05, 4.69) is 5.32 Å². The molecule has 1 rings (SSSR count). The molecule has 0 bridgehead atoms. The van der Waals surface area contributed by atoms with Crippen LogP contribution >= 0.6 is 11.8 Å². The molecule has 1 aromatic heterocycles. The van der Waals surface area contributed by atoms with Crippen molar-refractivity contribution in [2.24, 2.45) is 0 Å². The molecule has 0 aliphatic rings. The number of thioether (sulfide) groups is 1. The fourth-order valence-electron chi connectivity index (χ4n) is 1.98. The van der Waals surface area contributed by atoms with Gasteiger partial charge in [-0.25, -0.2) is 8.42 Å². The van der Waals surface area contributed by atoms with E-state index in [4.69, 9.17) is 4.42 Å². The fourth-order valence-corrected chi connectivity index (χ4v) is 4.13. The van der Waals surface area contributed by atoms with Crippen LogP contribution in [-0.4, -0.2) is 44.4 Å². The molecular weight excluding hydrogens is 308 g/mol. The van der Waals surface area contributed by atoms with E-state index in [9.17, 15) is 8.42 Å². The third-order valence-electron chi connectivity index (χ3n) is 3.49. The van der Waals surface area contributed by atoms with Crippen molar-refractivity contribution in [2.45, 2.75) is 44.7 Å². The Labute approximate surface area is 132 Å². The molecule has 21 heavy (non-hydrogen) atoms. The Kier molecular flexibility index (Phi) is 7.26. The minimum absolute atomic E-state index is 0.0334. The quantitative estimate of drug-likeness (QED) is 0.751. The summed E-state index contributed by atoms with van der Waals surface area (Å²) >= 11 is 1.72. The van der Waals surface area contributed by atoms with Crippen LogP contribution in [0.3, 0.4) is 0 Å². The maximum atomic E-state index is 12.7. The minimum atomic E-state index is -3.50. The van der Waals surface area contributed by atoms with E-state index in [1.165, 1.54) is 4.31 Å². The largest absolute Gasteiger partial charge is 0.464 e. The van der Waals surface area contributed by atoms with Crippen LogP contribution in [0, 0.1) is 6.92 Å². The van der Waals surface area contributed by atoms with E-state index in [0.29, 0.717) is 18.1 Å². The number of hydrogen-bond acceptors (Lipinski definition) is 5. The standard InChI is InChI=1S/C14H26N2O3S2/c1-6-15-10-13-9-14(12(3)19-13)21(17,18)16(4)11(2)7-8-20-5/h9,11,15H,6-8,10H2,1-5H3. The van der Waals surface area contributed by atoms with Gasteiger partial charge in [0.05, 0.1) is 6.54 Å². The van der Waals surface area contributed by atoms with Gasteiger partial charge in [-0.15, -0.1) is 0 Å². The number of hydrogen-bond donors (Lipinski definition) is 1. The number of aryl methyl sites for hydroxylation is 1. The Morgan fingerprint density at radius 1 is 1.48 bits per heavy atom. The Morgan fingerprint density at radius 3 is 2.71 bits per heavy atom. The van der Waals surface area contributed by atoms with E-state index < -0.39 is 10.0 Å². The number of nitrogens with zero attached hydrogens (tertiary/aromatic N) is 1. The zero-order valence-electron chi connectivity index (χ0n) is 13.5. The van der Waals surface area contributed by atoms with Crippen LogP contribution in [0.5, 0.6) is 0 Å². The molecular formula is C14H26N2O3S2. The highest BCUT2D eigenvalue weighted by atomic mass is 32.2. The predicted molar refractivity (Wildman–Crippen MR) is 88.2 cm³/mol. The molecule has 0 amide bonds. The minimum Gasteiger partial charge on any atom is -0.464 e. The highest BCUT2D eigenvalue weighted by molar-refractivity contribution is 7.98. The van der Waals surface area contributed by atoms with Gasteiger partial charge in [-0.3, -0.25) is 0 Å². The van der Waals surface area contributed by atoms with Crippen molar-refractivity contribution in [3.05, 3.63) is 17.6 Å². The highest BCUT2D eigenvalue weighted by Crippen LogP contribution is 2.25. The average molecular weight is 335 g/mol. The van der Waals surface area contributed by atoms with Gasteiger partial charge >= 0.3 is 0 Å². The monoisotopic (exact) mass is 334 g/mol. The first-order valence-electron chi connectivity index (χ1n) is 7.11. The van der Waals surface area contributed by atoms with Crippen LogP contribution in [0.2, 0.25) is 0 Å². The molecule has 0 saturated carbocycles. The molecule has 5 nitrogen and oxygen atoms in total. The lowest BCUT2D eigenvalue weighted by atomic mass is 10.3. The van der Waals surface area contributed by atoms with E-state index in [1.807, 2.05) is 20.1 Å². The van der Waals surface area contributed by atoms with Crippen molar-refractivity contribution in [3.63, 3.8) is 0 Å². The molecule has 1 atom stereocenters. The van der Waals surface area contributed by atoms with E-state index in [-0.39, 0.29) is 10.9 Å². The van der Waals surface area contributed by atoms with Crippen LogP contribution in [0.1, 0.15) is 31.8 Å². The van der Waals surface area contributed by atoms with Crippen LogP contribution in [0.4, 0.5) is 0 Å². The lowest BCUT2D eigenvalue weighted by molar-refractivity contribution is 0.381. The van der Waals surface area contributed by atoms with Gasteiger partial charge in [0.1, 0.15) is 16.4 Å². The second kappa shape index (κ2) is 8.22. The average Bonchev–Trinajstić information content (AvgIpc) is 2.83. The summed E-state index contributed by atoms with van der Waals surface area (Å²) in [7, 11) is -1.87. The van der Waals surface area contributed by atoms with Crippen molar-refractivity contribution in [3.8, 4) is 0 Å². The summed E-state index contributed by atoms with van der Waals surface area (Å²) in [6, 6.07) is 1.60. The zero-order chi connectivity index (χ0) is 16.0. The number of rotatable bonds is 9. The molecule has 1 heterocycles. The molecule has 7 heteroatoms. The molecule has 0 aliphatic carbocycles. The first-order chi connectivity index (χ1) is 9.84. The second-order valence-electron chi connectivity index (χ2n) is 5.07. The third-order valence-corrected chi connectivity index (χ3v) is 6.21. The first-order valence-corrected chi connectivity index (χ1v) is 9.95. The lowest BCUT2D eigenvalue weighted by Gasteiger charge is -2.23. The smallest absolute Gasteiger partial charge is 0.246 e. The predicted octanol–water partition coefficient (Wildman–Crippen LogP) is 2.46. The molecule has 0 aliphatic heterocycles. The van der Waals surface area contributed by atoms with Crippen LogP contribution < -0.4 is 5.32 Å². The maximum absolute atomic E-state index is 12.7. The topological polar surface area (TPSA) is 62.6 Å². The van der Waals surface area contributed by atoms with Crippen LogP contribution in [0.25, 0.3) is 0 Å². The van der Waals surface area contributed by atoms with Crippen LogP contribution in [-0.2, 0) is 16.6 Å². The van der Waals surface area contributed by atoms with E-state index in [0.717, 1.165) is 18.7 Å². The molecule has 122 valence electrons. The van der Waals surface area contributed by atoms with Gasteiger partial charge in [0.2, 0.25) is 10.0 Å². The highest BCUT2D eigenvalue weighted by Gasteiger charge is 2.29. The molecule has 0 spiro atoms. The molecule has 0 fully saturated rings. The van der Waals surface area contributed by atoms with E-state index in [1.54, 1.807) is 31.8 Å². The SMILES string of the molecule is CCNCc1cc(S(=O)(=O)N(C)C(C)CCSC)c(C)o1. The third kappa shape index (κ3) is 4.74. The number of nitrogens with one attached hydrogen (secondary N) is 1. The van der Waals surface area contributed by atoms with Gasteiger partial charge in [0.25, 0.3) is 0 Å². The first kappa shape index (κ1) is 18.5. The van der Waals surface area contributed by atoms with Crippen molar-refractivity contribution >= 4 is 21.8 Å². The summed E-state index contributed by atoms with van der Waals surface area (Å²) in [5.74, 6) is 2.04. The zero-order valence-corrected chi connectivity index (χ0v) is 15.1. The molecule has 0 saturated heterocycles. The summed E-state index contributed by atoms with van der Waals surface area (Å²) in [6.07, 6.45) is 2.85. The van der Waals surface area contributed by atoms with Gasteiger partial charge in [-0.2, -0.15) is 16.1 Å². The van der Waals surface area contributed by atoms with Crippen molar-refractivity contribution in [1.29, 1.82) is 0 Å². The fraction of sp³-hybridized carbons (Fsp3) is 0.714. The summed E-state index contributed by atoms with van der Waals surface area (Å²) in [5.41, 5.74) is 0. The second-order valence-corrected chi connectivity index (χ2v) is 8.02. The molecule has 0 aromatic carbocycles. The summed E-state index contributed by atoms with van der Waals surface area (Å²) in [5, 5.41) is 3.13. The van der Waals surface area contributed by atoms with Gasteiger partial charge in [0.15, 0.2) is 0 Å². The van der Waals surface area contributed by atoms with Crippen molar-refractivity contribution in [1.82, 2.24) is 9.62 Å². The van der Waals surface area contributed by atoms with Crippen molar-refractivity contribution in [2.75, 3.05) is 25.6 Å². The van der Waals surface area contributed by atoms with Gasteiger partial charge in [-0.05, 0) is 38.8 Å². The molecule has 0 radical (unpaired) electrons. The Balaban J connectivity index is 2.93. The Bertz CT molecular complexity index is 540. The summed E-state index contributed by atoms with van der Waals surface area (Å²) in [4.78, 5) is 0.272. The lowest BCUT2D eigenvalue weighted by Crippen LogP contribution is -2.35. The maximum Gasteiger partial charge on any atom is 0.246 e. The normalized spacial score (nSPS) is 13.8. The number of furan rings is 1. The van der Waals surface area contributed by atoms with Crippen molar-refractivity contribution < 1.29 is 12.8 Å². The molecule has 1 aromatic rings. The number of sulfonamides is 1. The van der Waals surface area contributed by atoms with Gasteiger partial charge < -0.3 is 9.73 Å². The summed E-state index contributed by atoms with van der Waals surface area (Å²) < 4.78 is 32.4. The molecule has 1 N–H and O–H groups in total. The van der Waals surface area contributed by atoms with Gasteiger partial charge in [-0.1, -0.05) is 6.92 Å². The Morgan fingerprint density at radius 2 is 2.14 bits per heavy atom. The Hall–Kier alpha value is -0.500. The summed E-state index contributed by atoms with van der Waals surface area (Å²) in [6.45, 7) is 6.98. The van der Waals surface area contributed by atoms with E-state index >= 15 is 0 Å².